The van der Waals surface area contributed by atoms with Crippen LogP contribution >= 0.6 is 0 Å². The van der Waals surface area contributed by atoms with Gasteiger partial charge in [-0.25, -0.2) is 4.98 Å². The molecular formula is C18H21N7O. The number of rotatable bonds is 4. The number of amides is 1. The number of carbonyl (C=O) groups excluding carboxylic acids is 1. The molecule has 1 unspecified atom stereocenters. The molecule has 4 rings (SSSR count). The predicted octanol–water partition coefficient (Wildman–Crippen LogP) is 1.36. The lowest BCUT2D eigenvalue weighted by atomic mass is 9.97. The first kappa shape index (κ1) is 16.4. The zero-order valence-corrected chi connectivity index (χ0v) is 14.7. The molecule has 8 heteroatoms. The van der Waals surface area contributed by atoms with E-state index in [1.807, 2.05) is 25.1 Å². The van der Waals surface area contributed by atoms with Crippen molar-refractivity contribution >= 4 is 17.5 Å². The van der Waals surface area contributed by atoms with Crippen molar-refractivity contribution in [3.05, 3.63) is 48.2 Å². The number of nitrogens with zero attached hydrogens (tertiary/aromatic N) is 6. The fourth-order valence-corrected chi connectivity index (χ4v) is 3.37. The van der Waals surface area contributed by atoms with Gasteiger partial charge in [0.1, 0.15) is 12.1 Å². The van der Waals surface area contributed by atoms with E-state index >= 15 is 0 Å². The number of anilines is 1. The molecule has 1 aliphatic rings. The Balaban J connectivity index is 1.47. The molecule has 1 N–H and O–H groups in total. The second-order valence-electron chi connectivity index (χ2n) is 6.59. The van der Waals surface area contributed by atoms with Gasteiger partial charge in [-0.3, -0.25) is 9.78 Å². The third-order valence-electron chi connectivity index (χ3n) is 4.67. The van der Waals surface area contributed by atoms with E-state index in [1.165, 1.54) is 6.33 Å². The first-order chi connectivity index (χ1) is 12.7. The molecule has 3 aromatic rings. The van der Waals surface area contributed by atoms with Crippen molar-refractivity contribution in [2.75, 3.05) is 18.0 Å². The summed E-state index contributed by atoms with van der Waals surface area (Å²) in [6.07, 6.45) is 6.86. The van der Waals surface area contributed by atoms with Gasteiger partial charge in [0.2, 0.25) is 5.91 Å². The van der Waals surface area contributed by atoms with Gasteiger partial charge in [0.25, 0.3) is 5.78 Å². The summed E-state index contributed by atoms with van der Waals surface area (Å²) in [5.74, 6) is 1.56. The molecule has 0 radical (unpaired) electrons. The number of piperidine rings is 1. The van der Waals surface area contributed by atoms with Gasteiger partial charge in [-0.1, -0.05) is 6.07 Å². The molecule has 26 heavy (non-hydrogen) atoms. The van der Waals surface area contributed by atoms with Gasteiger partial charge in [-0.05, 0) is 31.4 Å². The van der Waals surface area contributed by atoms with Gasteiger partial charge in [0.15, 0.2) is 0 Å². The average Bonchev–Trinajstić information content (AvgIpc) is 3.14. The minimum Gasteiger partial charge on any atom is -0.356 e. The minimum absolute atomic E-state index is 0.0486. The molecule has 1 aliphatic heterocycles. The molecule has 1 fully saturated rings. The van der Waals surface area contributed by atoms with Gasteiger partial charge in [0.05, 0.1) is 5.92 Å². The first-order valence-electron chi connectivity index (χ1n) is 8.79. The Morgan fingerprint density at radius 3 is 3.19 bits per heavy atom. The van der Waals surface area contributed by atoms with Crippen molar-refractivity contribution in [2.45, 2.75) is 26.3 Å². The predicted molar refractivity (Wildman–Crippen MR) is 96.5 cm³/mol. The molecule has 134 valence electrons. The Morgan fingerprint density at radius 1 is 1.42 bits per heavy atom. The summed E-state index contributed by atoms with van der Waals surface area (Å²) in [5.41, 5.74) is 1.89. The van der Waals surface area contributed by atoms with Crippen molar-refractivity contribution in [3.63, 3.8) is 0 Å². The first-order valence-corrected chi connectivity index (χ1v) is 8.79. The number of carbonyl (C=O) groups is 1. The average molecular weight is 351 g/mol. The van der Waals surface area contributed by atoms with Gasteiger partial charge in [0, 0.05) is 43.8 Å². The van der Waals surface area contributed by atoms with Crippen LogP contribution in [0.2, 0.25) is 0 Å². The summed E-state index contributed by atoms with van der Waals surface area (Å²) in [7, 11) is 0. The highest BCUT2D eigenvalue weighted by atomic mass is 16.1. The fraction of sp³-hybridized carbons (Fsp3) is 0.389. The molecule has 1 atom stereocenters. The summed E-state index contributed by atoms with van der Waals surface area (Å²) < 4.78 is 1.74. The van der Waals surface area contributed by atoms with Crippen LogP contribution in [0.15, 0.2) is 36.9 Å². The van der Waals surface area contributed by atoms with Crippen LogP contribution in [0.25, 0.3) is 5.78 Å². The molecule has 0 spiro atoms. The Morgan fingerprint density at radius 2 is 2.35 bits per heavy atom. The number of aryl methyl sites for hydroxylation is 1. The van der Waals surface area contributed by atoms with Crippen LogP contribution in [0.3, 0.4) is 0 Å². The molecule has 1 saturated heterocycles. The molecule has 0 aromatic carbocycles. The lowest BCUT2D eigenvalue weighted by Gasteiger charge is -2.33. The standard InChI is InChI=1S/C18H21N7O/c1-13-8-16(25-18(23-13)21-12-22-25)24-7-3-5-15(11-24)17(26)20-10-14-4-2-6-19-9-14/h2,4,6,8-9,12,15H,3,5,7,10-11H2,1H3,(H,20,26). The maximum absolute atomic E-state index is 12.6. The number of pyridine rings is 1. The van der Waals surface area contributed by atoms with Gasteiger partial charge < -0.3 is 10.2 Å². The van der Waals surface area contributed by atoms with Crippen molar-refractivity contribution in [1.29, 1.82) is 0 Å². The Hall–Kier alpha value is -3.03. The van der Waals surface area contributed by atoms with Crippen LogP contribution in [-0.4, -0.2) is 43.6 Å². The quantitative estimate of drug-likeness (QED) is 0.764. The highest BCUT2D eigenvalue weighted by molar-refractivity contribution is 5.79. The van der Waals surface area contributed by atoms with Gasteiger partial charge in [-0.2, -0.15) is 14.6 Å². The lowest BCUT2D eigenvalue weighted by Crippen LogP contribution is -2.43. The van der Waals surface area contributed by atoms with Crippen LogP contribution in [0, 0.1) is 12.8 Å². The van der Waals surface area contributed by atoms with E-state index < -0.39 is 0 Å². The number of aromatic nitrogens is 5. The Kier molecular flexibility index (Phi) is 4.47. The number of fused-ring (bicyclic) bond motifs is 1. The third-order valence-corrected chi connectivity index (χ3v) is 4.67. The van der Waals surface area contributed by atoms with Crippen molar-refractivity contribution in [3.8, 4) is 0 Å². The van der Waals surface area contributed by atoms with Crippen molar-refractivity contribution in [2.24, 2.45) is 5.92 Å². The molecule has 1 amide bonds. The molecule has 0 bridgehead atoms. The number of hydrogen-bond donors (Lipinski definition) is 1. The fourth-order valence-electron chi connectivity index (χ4n) is 3.37. The zero-order valence-electron chi connectivity index (χ0n) is 14.7. The monoisotopic (exact) mass is 351 g/mol. The third kappa shape index (κ3) is 3.35. The highest BCUT2D eigenvalue weighted by Gasteiger charge is 2.27. The van der Waals surface area contributed by atoms with Crippen LogP contribution in [-0.2, 0) is 11.3 Å². The Labute approximate surface area is 151 Å². The topological polar surface area (TPSA) is 88.3 Å². The maximum Gasteiger partial charge on any atom is 0.254 e. The van der Waals surface area contributed by atoms with Crippen LogP contribution in [0.4, 0.5) is 5.82 Å². The largest absolute Gasteiger partial charge is 0.356 e. The van der Waals surface area contributed by atoms with E-state index in [0.717, 1.165) is 36.5 Å². The highest BCUT2D eigenvalue weighted by Crippen LogP contribution is 2.24. The van der Waals surface area contributed by atoms with E-state index in [9.17, 15) is 4.79 Å². The van der Waals surface area contributed by atoms with Gasteiger partial charge >= 0.3 is 0 Å². The zero-order chi connectivity index (χ0) is 17.9. The summed E-state index contributed by atoms with van der Waals surface area (Å²) in [6.45, 7) is 4.01. The maximum atomic E-state index is 12.6. The number of hydrogen-bond acceptors (Lipinski definition) is 6. The summed E-state index contributed by atoms with van der Waals surface area (Å²) >= 11 is 0. The van der Waals surface area contributed by atoms with Gasteiger partial charge in [-0.15, -0.1) is 0 Å². The summed E-state index contributed by atoms with van der Waals surface area (Å²) in [5, 5.41) is 7.31. The van der Waals surface area contributed by atoms with E-state index in [1.54, 1.807) is 16.9 Å². The van der Waals surface area contributed by atoms with Crippen LogP contribution < -0.4 is 10.2 Å². The van der Waals surface area contributed by atoms with E-state index in [4.69, 9.17) is 0 Å². The smallest absolute Gasteiger partial charge is 0.254 e. The van der Waals surface area contributed by atoms with Crippen molar-refractivity contribution < 1.29 is 4.79 Å². The SMILES string of the molecule is Cc1cc(N2CCCC(C(=O)NCc3cccnc3)C2)n2ncnc2n1. The summed E-state index contributed by atoms with van der Waals surface area (Å²) in [6, 6.07) is 5.83. The molecular weight excluding hydrogens is 330 g/mol. The molecule has 3 aromatic heterocycles. The van der Waals surface area contributed by atoms with Crippen molar-refractivity contribution in [1.82, 2.24) is 29.9 Å². The van der Waals surface area contributed by atoms with E-state index in [0.29, 0.717) is 18.9 Å². The molecule has 8 nitrogen and oxygen atoms in total. The minimum atomic E-state index is -0.0486. The Bertz CT molecular complexity index is 908. The second-order valence-corrected chi connectivity index (χ2v) is 6.59. The number of nitrogens with one attached hydrogen (secondary N) is 1. The second kappa shape index (κ2) is 7.07. The normalized spacial score (nSPS) is 17.4. The summed E-state index contributed by atoms with van der Waals surface area (Å²) in [4.78, 5) is 27.5. The van der Waals surface area contributed by atoms with E-state index in [2.05, 4.69) is 30.3 Å². The lowest BCUT2D eigenvalue weighted by molar-refractivity contribution is -0.125. The van der Waals surface area contributed by atoms with Crippen LogP contribution in [0.1, 0.15) is 24.1 Å². The molecule has 0 aliphatic carbocycles. The molecule has 0 saturated carbocycles. The van der Waals surface area contributed by atoms with E-state index in [-0.39, 0.29) is 11.8 Å². The molecule has 4 heterocycles. The van der Waals surface area contributed by atoms with Crippen LogP contribution in [0.5, 0.6) is 0 Å².